The molecule has 0 atom stereocenters. The van der Waals surface area contributed by atoms with Gasteiger partial charge in [0.2, 0.25) is 0 Å². The molecular weight excluding hydrogens is 214 g/mol. The van der Waals surface area contributed by atoms with E-state index in [0.29, 0.717) is 0 Å². The van der Waals surface area contributed by atoms with Gasteiger partial charge in [-0.2, -0.15) is 0 Å². The molecule has 0 aliphatic heterocycles. The number of aliphatic hydroxyl groups excluding tert-OH is 1. The highest BCUT2D eigenvalue weighted by Gasteiger charge is 2.00. The van der Waals surface area contributed by atoms with Crippen molar-refractivity contribution in [2.24, 2.45) is 0 Å². The Morgan fingerprint density at radius 1 is 1.41 bits per heavy atom. The highest BCUT2D eigenvalue weighted by Crippen LogP contribution is 2.07. The summed E-state index contributed by atoms with van der Waals surface area (Å²) in [6.07, 6.45) is 3.83. The first-order valence-corrected chi connectivity index (χ1v) is 6.24. The van der Waals surface area contributed by atoms with E-state index in [1.54, 1.807) is 0 Å². The molecule has 17 heavy (non-hydrogen) atoms. The Morgan fingerprint density at radius 3 is 2.82 bits per heavy atom. The molecule has 0 saturated heterocycles. The number of hydrogen-bond acceptors (Lipinski definition) is 4. The third kappa shape index (κ3) is 5.65. The van der Waals surface area contributed by atoms with E-state index in [0.717, 1.165) is 38.3 Å². The lowest BCUT2D eigenvalue weighted by molar-refractivity contribution is 0.244. The maximum Gasteiger partial charge on any atom is 0.125 e. The van der Waals surface area contributed by atoms with E-state index in [1.165, 1.54) is 5.56 Å². The smallest absolute Gasteiger partial charge is 0.125 e. The van der Waals surface area contributed by atoms with Gasteiger partial charge in [-0.05, 0) is 31.5 Å². The molecule has 0 radical (unpaired) electrons. The van der Waals surface area contributed by atoms with Gasteiger partial charge in [0.15, 0.2) is 0 Å². The fourth-order valence-corrected chi connectivity index (χ4v) is 1.61. The molecule has 1 heterocycles. The Hall–Kier alpha value is -1.13. The molecular formula is C13H23N3O. The van der Waals surface area contributed by atoms with Gasteiger partial charge in [-0.25, -0.2) is 4.98 Å². The zero-order valence-corrected chi connectivity index (χ0v) is 10.8. The first kappa shape index (κ1) is 13.9. The second kappa shape index (κ2) is 8.03. The van der Waals surface area contributed by atoms with Crippen LogP contribution in [0.2, 0.25) is 0 Å². The van der Waals surface area contributed by atoms with Crippen LogP contribution >= 0.6 is 0 Å². The number of hydrogen-bond donors (Lipinski definition) is 2. The normalized spacial score (nSPS) is 10.8. The second-order valence-electron chi connectivity index (χ2n) is 4.29. The summed E-state index contributed by atoms with van der Waals surface area (Å²) in [5.74, 6) is 0.939. The van der Waals surface area contributed by atoms with E-state index >= 15 is 0 Å². The van der Waals surface area contributed by atoms with Crippen molar-refractivity contribution in [3.8, 4) is 0 Å². The van der Waals surface area contributed by atoms with Crippen LogP contribution in [0.4, 0.5) is 5.82 Å². The molecule has 1 rings (SSSR count). The topological polar surface area (TPSA) is 48.4 Å². The monoisotopic (exact) mass is 237 g/mol. The maximum absolute atomic E-state index is 8.75. The summed E-state index contributed by atoms with van der Waals surface area (Å²) in [4.78, 5) is 6.55. The van der Waals surface area contributed by atoms with E-state index in [1.807, 2.05) is 12.3 Å². The van der Waals surface area contributed by atoms with Gasteiger partial charge < -0.3 is 15.3 Å². The Morgan fingerprint density at radius 2 is 2.24 bits per heavy atom. The van der Waals surface area contributed by atoms with Crippen molar-refractivity contribution in [2.45, 2.75) is 26.3 Å². The summed E-state index contributed by atoms with van der Waals surface area (Å²) in [6.45, 7) is 5.14. The third-order valence-electron chi connectivity index (χ3n) is 2.53. The van der Waals surface area contributed by atoms with Crippen molar-refractivity contribution in [3.63, 3.8) is 0 Å². The van der Waals surface area contributed by atoms with Crippen LogP contribution in [0.25, 0.3) is 0 Å². The van der Waals surface area contributed by atoms with Crippen LogP contribution in [-0.4, -0.2) is 41.7 Å². The first-order chi connectivity index (χ1) is 8.26. The number of aromatic nitrogens is 1. The van der Waals surface area contributed by atoms with E-state index < -0.39 is 0 Å². The van der Waals surface area contributed by atoms with Crippen molar-refractivity contribution < 1.29 is 5.11 Å². The van der Waals surface area contributed by atoms with Crippen LogP contribution in [-0.2, 0) is 6.54 Å². The van der Waals surface area contributed by atoms with Gasteiger partial charge >= 0.3 is 0 Å². The minimum atomic E-state index is 0.252. The highest BCUT2D eigenvalue weighted by atomic mass is 16.3. The number of rotatable bonds is 8. The van der Waals surface area contributed by atoms with Crippen molar-refractivity contribution in [1.29, 1.82) is 0 Å². The van der Waals surface area contributed by atoms with Gasteiger partial charge in [-0.3, -0.25) is 0 Å². The van der Waals surface area contributed by atoms with Crippen LogP contribution in [0, 0.1) is 0 Å². The summed E-state index contributed by atoms with van der Waals surface area (Å²) in [5.41, 5.74) is 1.20. The van der Waals surface area contributed by atoms with Crippen LogP contribution in [0.5, 0.6) is 0 Å². The molecule has 0 aliphatic rings. The molecule has 4 nitrogen and oxygen atoms in total. The van der Waals surface area contributed by atoms with Gasteiger partial charge in [0.25, 0.3) is 0 Å². The van der Waals surface area contributed by atoms with E-state index in [2.05, 4.69) is 35.2 Å². The van der Waals surface area contributed by atoms with Gasteiger partial charge in [-0.1, -0.05) is 13.0 Å². The van der Waals surface area contributed by atoms with Crippen LogP contribution in [0.15, 0.2) is 18.3 Å². The minimum absolute atomic E-state index is 0.252. The van der Waals surface area contributed by atoms with E-state index in [9.17, 15) is 0 Å². The Labute approximate surface area is 104 Å². The van der Waals surface area contributed by atoms with Crippen molar-refractivity contribution in [2.75, 3.05) is 32.1 Å². The Bertz CT molecular complexity index is 300. The van der Waals surface area contributed by atoms with Crippen LogP contribution < -0.4 is 5.32 Å². The lowest BCUT2D eigenvalue weighted by atomic mass is 10.2. The lowest BCUT2D eigenvalue weighted by Gasteiger charge is -2.15. The molecule has 0 spiro atoms. The standard InChI is InChI=1S/C13H23N3O/c1-3-7-14-13-6-5-12(10-15-13)11-16(2)8-4-9-17/h5-6,10,17H,3-4,7-9,11H2,1-2H3,(H,14,15). The molecule has 1 aromatic heterocycles. The van der Waals surface area contributed by atoms with Gasteiger partial charge in [-0.15, -0.1) is 0 Å². The number of pyridine rings is 1. The summed E-state index contributed by atoms with van der Waals surface area (Å²) < 4.78 is 0. The zero-order valence-electron chi connectivity index (χ0n) is 10.8. The van der Waals surface area contributed by atoms with Crippen LogP contribution in [0.3, 0.4) is 0 Å². The number of nitrogens with zero attached hydrogens (tertiary/aromatic N) is 2. The van der Waals surface area contributed by atoms with Crippen LogP contribution in [0.1, 0.15) is 25.3 Å². The minimum Gasteiger partial charge on any atom is -0.396 e. The summed E-state index contributed by atoms with van der Waals surface area (Å²) in [7, 11) is 2.05. The van der Waals surface area contributed by atoms with Gasteiger partial charge in [0.05, 0.1) is 0 Å². The molecule has 0 aromatic carbocycles. The predicted octanol–water partition coefficient (Wildman–Crippen LogP) is 1.72. The summed E-state index contributed by atoms with van der Waals surface area (Å²) in [5, 5.41) is 12.0. The van der Waals surface area contributed by atoms with Gasteiger partial charge in [0.1, 0.15) is 5.82 Å². The number of anilines is 1. The fourth-order valence-electron chi connectivity index (χ4n) is 1.61. The molecule has 96 valence electrons. The maximum atomic E-state index is 8.75. The SMILES string of the molecule is CCCNc1ccc(CN(C)CCCO)cn1. The Balaban J connectivity index is 2.39. The second-order valence-corrected chi connectivity index (χ2v) is 4.29. The molecule has 1 aromatic rings. The molecule has 2 N–H and O–H groups in total. The lowest BCUT2D eigenvalue weighted by Crippen LogP contribution is -2.20. The molecule has 0 fully saturated rings. The molecule has 0 amide bonds. The molecule has 0 saturated carbocycles. The summed E-state index contributed by atoms with van der Waals surface area (Å²) >= 11 is 0. The highest BCUT2D eigenvalue weighted by molar-refractivity contribution is 5.35. The molecule has 4 heteroatoms. The largest absolute Gasteiger partial charge is 0.396 e. The molecule has 0 bridgehead atoms. The van der Waals surface area contributed by atoms with E-state index in [4.69, 9.17) is 5.11 Å². The first-order valence-electron chi connectivity index (χ1n) is 6.24. The summed E-state index contributed by atoms with van der Waals surface area (Å²) in [6, 6.07) is 4.12. The average molecular weight is 237 g/mol. The van der Waals surface area contributed by atoms with E-state index in [-0.39, 0.29) is 6.61 Å². The van der Waals surface area contributed by atoms with Gasteiger partial charge in [0, 0.05) is 32.4 Å². The zero-order chi connectivity index (χ0) is 12.5. The third-order valence-corrected chi connectivity index (χ3v) is 2.53. The fraction of sp³-hybridized carbons (Fsp3) is 0.615. The number of nitrogens with one attached hydrogen (secondary N) is 1. The van der Waals surface area contributed by atoms with Crippen molar-refractivity contribution in [3.05, 3.63) is 23.9 Å². The Kier molecular flexibility index (Phi) is 6.58. The molecule has 0 unspecified atom stereocenters. The number of aliphatic hydroxyl groups is 1. The van der Waals surface area contributed by atoms with Crippen molar-refractivity contribution >= 4 is 5.82 Å². The predicted molar refractivity (Wildman–Crippen MR) is 71.1 cm³/mol. The molecule has 0 aliphatic carbocycles. The quantitative estimate of drug-likeness (QED) is 0.723. The average Bonchev–Trinajstić information content (AvgIpc) is 2.35. The van der Waals surface area contributed by atoms with Crippen molar-refractivity contribution in [1.82, 2.24) is 9.88 Å².